The Balaban J connectivity index is 2.83. The molecule has 0 aromatic heterocycles. The van der Waals surface area contributed by atoms with E-state index in [0.29, 0.717) is 5.92 Å². The van der Waals surface area contributed by atoms with Gasteiger partial charge in [0, 0.05) is 19.7 Å². The molecular weight excluding hydrogens is 222 g/mol. The van der Waals surface area contributed by atoms with E-state index in [9.17, 15) is 4.79 Å². The minimum atomic E-state index is 0.0732. The number of carbonyl (C=O) groups excluding carboxylic acids is 1. The van der Waals surface area contributed by atoms with Crippen LogP contribution in [0.3, 0.4) is 0 Å². The number of hydrogen-bond acceptors (Lipinski definition) is 1. The average Bonchev–Trinajstić information content (AvgIpc) is 2.38. The summed E-state index contributed by atoms with van der Waals surface area (Å²) in [5.41, 5.74) is 2.14. The van der Waals surface area contributed by atoms with Gasteiger partial charge in [0.25, 0.3) is 5.91 Å². The maximum absolute atomic E-state index is 11.8. The first kappa shape index (κ1) is 14.7. The van der Waals surface area contributed by atoms with Crippen LogP contribution in [-0.4, -0.2) is 24.9 Å². The van der Waals surface area contributed by atoms with Gasteiger partial charge in [-0.25, -0.2) is 0 Å². The molecule has 0 saturated carbocycles. The van der Waals surface area contributed by atoms with E-state index in [1.54, 1.807) is 19.0 Å². The first-order valence-electron chi connectivity index (χ1n) is 6.91. The summed E-state index contributed by atoms with van der Waals surface area (Å²) >= 11 is 0. The van der Waals surface area contributed by atoms with Gasteiger partial charge in [0.2, 0.25) is 0 Å². The average molecular weight is 247 g/mol. The Hall–Kier alpha value is -1.31. The highest BCUT2D eigenvalue weighted by Gasteiger charge is 2.12. The molecule has 0 atom stereocenters. The van der Waals surface area contributed by atoms with Gasteiger partial charge in [0.05, 0.1) is 0 Å². The first-order valence-corrected chi connectivity index (χ1v) is 6.91. The zero-order valence-electron chi connectivity index (χ0n) is 12.1. The second kappa shape index (κ2) is 7.20. The molecule has 2 nitrogen and oxygen atoms in total. The number of nitrogens with zero attached hydrogens (tertiary/aromatic N) is 1. The molecule has 100 valence electrons. The standard InChI is InChI=1S/C16H25NO/c1-5-7-13(8-6-2)14-9-11-15(12-10-14)16(18)17(3)4/h9-13H,5-8H2,1-4H3. The Morgan fingerprint density at radius 2 is 1.56 bits per heavy atom. The third-order valence-corrected chi connectivity index (χ3v) is 3.31. The van der Waals surface area contributed by atoms with Crippen LogP contribution in [-0.2, 0) is 0 Å². The van der Waals surface area contributed by atoms with E-state index in [4.69, 9.17) is 0 Å². The highest BCUT2D eigenvalue weighted by molar-refractivity contribution is 5.93. The van der Waals surface area contributed by atoms with Crippen LogP contribution in [0.25, 0.3) is 0 Å². The van der Waals surface area contributed by atoms with E-state index >= 15 is 0 Å². The van der Waals surface area contributed by atoms with Crippen molar-refractivity contribution in [3.8, 4) is 0 Å². The van der Waals surface area contributed by atoms with Crippen molar-refractivity contribution in [3.63, 3.8) is 0 Å². The lowest BCUT2D eigenvalue weighted by atomic mass is 9.90. The molecule has 0 spiro atoms. The van der Waals surface area contributed by atoms with Crippen molar-refractivity contribution in [1.82, 2.24) is 4.90 Å². The van der Waals surface area contributed by atoms with Crippen molar-refractivity contribution in [2.75, 3.05) is 14.1 Å². The van der Waals surface area contributed by atoms with Crippen LogP contribution in [0.15, 0.2) is 24.3 Å². The SMILES string of the molecule is CCCC(CCC)c1ccc(C(=O)N(C)C)cc1. The van der Waals surface area contributed by atoms with Crippen LogP contribution in [0.4, 0.5) is 0 Å². The van der Waals surface area contributed by atoms with Crippen LogP contribution in [0.2, 0.25) is 0 Å². The molecule has 0 N–H and O–H groups in total. The molecule has 0 aliphatic heterocycles. The number of benzene rings is 1. The third-order valence-electron chi connectivity index (χ3n) is 3.31. The number of rotatable bonds is 6. The quantitative estimate of drug-likeness (QED) is 0.742. The molecule has 0 unspecified atom stereocenters. The fraction of sp³-hybridized carbons (Fsp3) is 0.562. The molecule has 0 bridgehead atoms. The molecule has 1 aromatic carbocycles. The van der Waals surface area contributed by atoms with Gasteiger partial charge in [-0.15, -0.1) is 0 Å². The summed E-state index contributed by atoms with van der Waals surface area (Å²) in [7, 11) is 3.57. The predicted octanol–water partition coefficient (Wildman–Crippen LogP) is 4.07. The van der Waals surface area contributed by atoms with E-state index in [-0.39, 0.29) is 5.91 Å². The monoisotopic (exact) mass is 247 g/mol. The van der Waals surface area contributed by atoms with Crippen LogP contribution < -0.4 is 0 Å². The zero-order valence-corrected chi connectivity index (χ0v) is 12.1. The number of hydrogen-bond donors (Lipinski definition) is 0. The molecule has 0 aliphatic carbocycles. The minimum Gasteiger partial charge on any atom is -0.345 e. The summed E-state index contributed by atoms with van der Waals surface area (Å²) in [6.45, 7) is 4.46. The molecule has 1 amide bonds. The predicted molar refractivity (Wildman–Crippen MR) is 77.0 cm³/mol. The fourth-order valence-electron chi connectivity index (χ4n) is 2.33. The molecular formula is C16H25NO. The van der Waals surface area contributed by atoms with Gasteiger partial charge in [0.15, 0.2) is 0 Å². The van der Waals surface area contributed by atoms with Crippen molar-refractivity contribution in [2.24, 2.45) is 0 Å². The van der Waals surface area contributed by atoms with Crippen LogP contribution >= 0.6 is 0 Å². The van der Waals surface area contributed by atoms with Gasteiger partial charge in [-0.05, 0) is 36.5 Å². The lowest BCUT2D eigenvalue weighted by Gasteiger charge is -2.16. The summed E-state index contributed by atoms with van der Waals surface area (Å²) < 4.78 is 0. The Labute approximate surface area is 111 Å². The molecule has 18 heavy (non-hydrogen) atoms. The van der Waals surface area contributed by atoms with Crippen molar-refractivity contribution in [1.29, 1.82) is 0 Å². The van der Waals surface area contributed by atoms with E-state index in [2.05, 4.69) is 26.0 Å². The summed E-state index contributed by atoms with van der Waals surface area (Å²) in [6.07, 6.45) is 4.88. The maximum atomic E-state index is 11.8. The van der Waals surface area contributed by atoms with Gasteiger partial charge < -0.3 is 4.90 Å². The van der Waals surface area contributed by atoms with Gasteiger partial charge in [-0.1, -0.05) is 38.8 Å². The van der Waals surface area contributed by atoms with Crippen LogP contribution in [0.1, 0.15) is 61.4 Å². The van der Waals surface area contributed by atoms with Gasteiger partial charge in [0.1, 0.15) is 0 Å². The smallest absolute Gasteiger partial charge is 0.253 e. The topological polar surface area (TPSA) is 20.3 Å². The molecule has 1 rings (SSSR count). The van der Waals surface area contributed by atoms with Crippen LogP contribution in [0.5, 0.6) is 0 Å². The highest BCUT2D eigenvalue weighted by Crippen LogP contribution is 2.26. The Morgan fingerprint density at radius 3 is 1.94 bits per heavy atom. The summed E-state index contributed by atoms with van der Waals surface area (Å²) in [4.78, 5) is 13.4. The Kier molecular flexibility index (Phi) is 5.90. The minimum absolute atomic E-state index is 0.0732. The third kappa shape index (κ3) is 3.86. The zero-order chi connectivity index (χ0) is 13.5. The lowest BCUT2D eigenvalue weighted by Crippen LogP contribution is -2.21. The Bertz CT molecular complexity index is 361. The van der Waals surface area contributed by atoms with Crippen molar-refractivity contribution in [3.05, 3.63) is 35.4 Å². The van der Waals surface area contributed by atoms with Crippen molar-refractivity contribution >= 4 is 5.91 Å². The molecule has 0 heterocycles. The normalized spacial score (nSPS) is 10.7. The van der Waals surface area contributed by atoms with Crippen molar-refractivity contribution in [2.45, 2.75) is 45.4 Å². The maximum Gasteiger partial charge on any atom is 0.253 e. The first-order chi connectivity index (χ1) is 8.60. The van der Waals surface area contributed by atoms with E-state index in [0.717, 1.165) is 5.56 Å². The Morgan fingerprint density at radius 1 is 1.06 bits per heavy atom. The second-order valence-electron chi connectivity index (χ2n) is 5.10. The molecule has 0 fully saturated rings. The van der Waals surface area contributed by atoms with Crippen LogP contribution in [0, 0.1) is 0 Å². The molecule has 1 aromatic rings. The fourth-order valence-corrected chi connectivity index (χ4v) is 2.33. The van der Waals surface area contributed by atoms with E-state index in [1.807, 2.05) is 12.1 Å². The molecule has 0 aliphatic rings. The number of carbonyl (C=O) groups is 1. The summed E-state index contributed by atoms with van der Waals surface area (Å²) in [5.74, 6) is 0.715. The van der Waals surface area contributed by atoms with Gasteiger partial charge in [-0.3, -0.25) is 4.79 Å². The summed E-state index contributed by atoms with van der Waals surface area (Å²) in [5, 5.41) is 0. The molecule has 0 saturated heterocycles. The molecule has 2 heteroatoms. The second-order valence-corrected chi connectivity index (χ2v) is 5.10. The highest BCUT2D eigenvalue weighted by atomic mass is 16.2. The molecule has 0 radical (unpaired) electrons. The van der Waals surface area contributed by atoms with E-state index in [1.165, 1.54) is 31.2 Å². The van der Waals surface area contributed by atoms with Crippen molar-refractivity contribution < 1.29 is 4.79 Å². The number of amides is 1. The van der Waals surface area contributed by atoms with Gasteiger partial charge in [-0.2, -0.15) is 0 Å². The lowest BCUT2D eigenvalue weighted by molar-refractivity contribution is 0.0827. The van der Waals surface area contributed by atoms with E-state index < -0.39 is 0 Å². The summed E-state index contributed by atoms with van der Waals surface area (Å²) in [6, 6.07) is 8.14. The van der Waals surface area contributed by atoms with Gasteiger partial charge >= 0.3 is 0 Å². The largest absolute Gasteiger partial charge is 0.345 e.